The van der Waals surface area contributed by atoms with E-state index < -0.39 is 0 Å². The molecule has 0 atom stereocenters. The van der Waals surface area contributed by atoms with E-state index >= 15 is 0 Å². The van der Waals surface area contributed by atoms with Crippen LogP contribution in [0.5, 0.6) is 0 Å². The molecule has 84 valence electrons. The minimum absolute atomic E-state index is 0.568. The van der Waals surface area contributed by atoms with Crippen LogP contribution >= 0.6 is 23.2 Å². The van der Waals surface area contributed by atoms with Crippen LogP contribution in [0.15, 0.2) is 24.3 Å². The summed E-state index contributed by atoms with van der Waals surface area (Å²) < 4.78 is 1.86. The Hall–Kier alpha value is -0.990. The Bertz CT molecular complexity index is 518. The second kappa shape index (κ2) is 4.48. The molecule has 16 heavy (non-hydrogen) atoms. The summed E-state index contributed by atoms with van der Waals surface area (Å²) in [6, 6.07) is 7.68. The number of aryl methyl sites for hydroxylation is 2. The number of halogens is 2. The predicted octanol–water partition coefficient (Wildman–Crippen LogP) is 3.96. The molecule has 0 N–H and O–H groups in total. The van der Waals surface area contributed by atoms with Crippen molar-refractivity contribution in [3.63, 3.8) is 0 Å². The molecule has 2 nitrogen and oxygen atoms in total. The van der Waals surface area contributed by atoms with Gasteiger partial charge >= 0.3 is 0 Å². The van der Waals surface area contributed by atoms with Crippen molar-refractivity contribution >= 4 is 23.2 Å². The first-order chi connectivity index (χ1) is 7.61. The molecule has 0 radical (unpaired) electrons. The summed E-state index contributed by atoms with van der Waals surface area (Å²) in [6.07, 6.45) is 0.926. The van der Waals surface area contributed by atoms with Crippen molar-refractivity contribution in [1.29, 1.82) is 0 Å². The topological polar surface area (TPSA) is 17.8 Å². The fraction of sp³-hybridized carbons (Fsp3) is 0.250. The zero-order chi connectivity index (χ0) is 11.7. The van der Waals surface area contributed by atoms with Crippen molar-refractivity contribution < 1.29 is 0 Å². The van der Waals surface area contributed by atoms with Crippen molar-refractivity contribution in [2.75, 3.05) is 0 Å². The van der Waals surface area contributed by atoms with Gasteiger partial charge in [-0.25, -0.2) is 0 Å². The quantitative estimate of drug-likeness (QED) is 0.794. The minimum Gasteiger partial charge on any atom is -0.268 e. The van der Waals surface area contributed by atoms with E-state index in [4.69, 9.17) is 23.2 Å². The van der Waals surface area contributed by atoms with Crippen LogP contribution in [0.2, 0.25) is 10.0 Å². The summed E-state index contributed by atoms with van der Waals surface area (Å²) in [5.41, 5.74) is 3.16. The summed E-state index contributed by atoms with van der Waals surface area (Å²) in [7, 11) is 1.93. The molecule has 0 saturated heterocycles. The maximum Gasteiger partial charge on any atom is 0.0682 e. The number of aromatic nitrogens is 2. The Morgan fingerprint density at radius 3 is 2.50 bits per heavy atom. The molecule has 2 aromatic rings. The lowest BCUT2D eigenvalue weighted by molar-refractivity contribution is 0.753. The number of hydrogen-bond acceptors (Lipinski definition) is 1. The van der Waals surface area contributed by atoms with Crippen molar-refractivity contribution in [2.45, 2.75) is 13.3 Å². The van der Waals surface area contributed by atoms with E-state index in [0.29, 0.717) is 10.0 Å². The molecule has 0 aliphatic rings. The molecule has 0 aliphatic heterocycles. The number of nitrogens with zero attached hydrogens (tertiary/aromatic N) is 2. The molecule has 1 heterocycles. The van der Waals surface area contributed by atoms with Gasteiger partial charge in [0.15, 0.2) is 0 Å². The highest BCUT2D eigenvalue weighted by atomic mass is 35.5. The van der Waals surface area contributed by atoms with Crippen LogP contribution in [-0.4, -0.2) is 9.78 Å². The lowest BCUT2D eigenvalue weighted by atomic mass is 10.1. The molecule has 0 amide bonds. The van der Waals surface area contributed by atoms with Gasteiger partial charge in [-0.3, -0.25) is 4.68 Å². The third-order valence-corrected chi connectivity index (χ3v) is 3.25. The number of benzene rings is 1. The molecule has 1 aromatic carbocycles. The average molecular weight is 255 g/mol. The van der Waals surface area contributed by atoms with Crippen LogP contribution in [0, 0.1) is 0 Å². The summed E-state index contributed by atoms with van der Waals surface area (Å²) >= 11 is 11.9. The van der Waals surface area contributed by atoms with E-state index in [1.165, 1.54) is 0 Å². The SMILES string of the molecule is CCc1cc(-c2ccc(Cl)c(Cl)c2)n(C)n1. The zero-order valence-corrected chi connectivity index (χ0v) is 10.7. The Morgan fingerprint density at radius 1 is 1.19 bits per heavy atom. The Balaban J connectivity index is 2.49. The van der Waals surface area contributed by atoms with Crippen molar-refractivity contribution in [2.24, 2.45) is 7.05 Å². The standard InChI is InChI=1S/C12H12Cl2N2/c1-3-9-7-12(16(2)15-9)8-4-5-10(13)11(14)6-8/h4-7H,3H2,1-2H3. The first-order valence-corrected chi connectivity index (χ1v) is 5.85. The van der Waals surface area contributed by atoms with Gasteiger partial charge in [-0.2, -0.15) is 5.10 Å². The first kappa shape index (κ1) is 11.5. The van der Waals surface area contributed by atoms with Gasteiger partial charge < -0.3 is 0 Å². The lowest BCUT2D eigenvalue weighted by Gasteiger charge is -2.03. The Kier molecular flexibility index (Phi) is 3.22. The molecule has 2 rings (SSSR count). The van der Waals surface area contributed by atoms with Crippen LogP contribution in [-0.2, 0) is 13.5 Å². The Morgan fingerprint density at radius 2 is 1.94 bits per heavy atom. The van der Waals surface area contributed by atoms with Gasteiger partial charge in [-0.15, -0.1) is 0 Å². The highest BCUT2D eigenvalue weighted by Gasteiger charge is 2.08. The maximum absolute atomic E-state index is 6.00. The number of hydrogen-bond donors (Lipinski definition) is 0. The highest BCUT2D eigenvalue weighted by molar-refractivity contribution is 6.42. The van der Waals surface area contributed by atoms with Crippen LogP contribution < -0.4 is 0 Å². The highest BCUT2D eigenvalue weighted by Crippen LogP contribution is 2.28. The number of rotatable bonds is 2. The van der Waals surface area contributed by atoms with E-state index in [2.05, 4.69) is 18.1 Å². The third-order valence-electron chi connectivity index (χ3n) is 2.51. The van der Waals surface area contributed by atoms with E-state index in [-0.39, 0.29) is 0 Å². The maximum atomic E-state index is 6.00. The van der Waals surface area contributed by atoms with Gasteiger partial charge in [0.2, 0.25) is 0 Å². The minimum atomic E-state index is 0.568. The molecule has 0 unspecified atom stereocenters. The summed E-state index contributed by atoms with van der Waals surface area (Å²) in [4.78, 5) is 0. The van der Waals surface area contributed by atoms with Crippen molar-refractivity contribution in [3.05, 3.63) is 40.0 Å². The zero-order valence-electron chi connectivity index (χ0n) is 9.17. The van der Waals surface area contributed by atoms with Gasteiger partial charge in [0.05, 0.1) is 21.4 Å². The smallest absolute Gasteiger partial charge is 0.0682 e. The second-order valence-electron chi connectivity index (χ2n) is 3.63. The molecular weight excluding hydrogens is 243 g/mol. The molecule has 4 heteroatoms. The molecule has 0 aliphatic carbocycles. The molecule has 0 spiro atoms. The first-order valence-electron chi connectivity index (χ1n) is 5.10. The normalized spacial score (nSPS) is 10.8. The monoisotopic (exact) mass is 254 g/mol. The van der Waals surface area contributed by atoms with Gasteiger partial charge in [-0.1, -0.05) is 36.2 Å². The summed E-state index contributed by atoms with van der Waals surface area (Å²) in [5, 5.41) is 5.54. The van der Waals surface area contributed by atoms with E-state index in [1.807, 2.05) is 23.9 Å². The molecule has 0 saturated carbocycles. The fourth-order valence-electron chi connectivity index (χ4n) is 1.63. The third kappa shape index (κ3) is 2.08. The van der Waals surface area contributed by atoms with Crippen LogP contribution in [0.25, 0.3) is 11.3 Å². The van der Waals surface area contributed by atoms with Crippen molar-refractivity contribution in [1.82, 2.24) is 9.78 Å². The van der Waals surface area contributed by atoms with Crippen LogP contribution in [0.1, 0.15) is 12.6 Å². The van der Waals surface area contributed by atoms with Crippen LogP contribution in [0.4, 0.5) is 0 Å². The van der Waals surface area contributed by atoms with E-state index in [0.717, 1.165) is 23.4 Å². The fourth-order valence-corrected chi connectivity index (χ4v) is 1.92. The molecule has 0 fully saturated rings. The van der Waals surface area contributed by atoms with Gasteiger partial charge in [0, 0.05) is 12.6 Å². The van der Waals surface area contributed by atoms with Crippen molar-refractivity contribution in [3.8, 4) is 11.3 Å². The lowest BCUT2D eigenvalue weighted by Crippen LogP contribution is -1.94. The van der Waals surface area contributed by atoms with Gasteiger partial charge in [0.25, 0.3) is 0 Å². The Labute approximate surface area is 105 Å². The van der Waals surface area contributed by atoms with Crippen LogP contribution in [0.3, 0.4) is 0 Å². The predicted molar refractivity (Wildman–Crippen MR) is 68.0 cm³/mol. The largest absolute Gasteiger partial charge is 0.268 e. The molecular formula is C12H12Cl2N2. The molecule has 0 bridgehead atoms. The second-order valence-corrected chi connectivity index (χ2v) is 4.44. The van der Waals surface area contributed by atoms with Gasteiger partial charge in [0.1, 0.15) is 0 Å². The summed E-state index contributed by atoms with van der Waals surface area (Å²) in [5.74, 6) is 0. The average Bonchev–Trinajstić information content (AvgIpc) is 2.64. The summed E-state index contributed by atoms with van der Waals surface area (Å²) in [6.45, 7) is 2.08. The molecule has 1 aromatic heterocycles. The van der Waals surface area contributed by atoms with E-state index in [9.17, 15) is 0 Å². The van der Waals surface area contributed by atoms with E-state index in [1.54, 1.807) is 6.07 Å². The van der Waals surface area contributed by atoms with Gasteiger partial charge in [-0.05, 0) is 24.6 Å².